The summed E-state index contributed by atoms with van der Waals surface area (Å²) in [7, 11) is 0. The van der Waals surface area contributed by atoms with Crippen LogP contribution in [0.5, 0.6) is 0 Å². The summed E-state index contributed by atoms with van der Waals surface area (Å²) < 4.78 is 0. The highest BCUT2D eigenvalue weighted by molar-refractivity contribution is 5.75. The van der Waals surface area contributed by atoms with Gasteiger partial charge in [-0.25, -0.2) is 4.79 Å². The van der Waals surface area contributed by atoms with Crippen LogP contribution in [-0.2, 0) is 4.79 Å². The standard InChI is InChI=1S/C15H28N2O3/c1-4-5-6-7-15(2,3)11-16-14(20)17-9-12(10-17)8-13(18)19/h12H,4-11H2,1-3H3,(H,16,20)(H,18,19). The van der Waals surface area contributed by atoms with Crippen LogP contribution in [0.1, 0.15) is 52.9 Å². The molecule has 0 atom stereocenters. The first-order valence-electron chi connectivity index (χ1n) is 7.58. The third-order valence-electron chi connectivity index (χ3n) is 3.88. The molecule has 0 radical (unpaired) electrons. The van der Waals surface area contributed by atoms with Gasteiger partial charge in [0.05, 0.1) is 6.42 Å². The number of hydrogen-bond acceptors (Lipinski definition) is 2. The Morgan fingerprint density at radius 1 is 1.30 bits per heavy atom. The van der Waals surface area contributed by atoms with Crippen LogP contribution in [0.4, 0.5) is 4.79 Å². The monoisotopic (exact) mass is 284 g/mol. The minimum Gasteiger partial charge on any atom is -0.481 e. The van der Waals surface area contributed by atoms with E-state index in [1.54, 1.807) is 4.90 Å². The van der Waals surface area contributed by atoms with Gasteiger partial charge in [0.25, 0.3) is 0 Å². The molecule has 1 rings (SSSR count). The Hall–Kier alpha value is -1.26. The van der Waals surface area contributed by atoms with Crippen molar-refractivity contribution in [2.75, 3.05) is 19.6 Å². The summed E-state index contributed by atoms with van der Waals surface area (Å²) in [6, 6.07) is -0.0600. The molecular weight excluding hydrogens is 256 g/mol. The molecule has 20 heavy (non-hydrogen) atoms. The maximum absolute atomic E-state index is 11.9. The zero-order chi connectivity index (χ0) is 15.2. The Labute approximate surface area is 121 Å². The van der Waals surface area contributed by atoms with E-state index in [4.69, 9.17) is 5.11 Å². The second kappa shape index (κ2) is 7.50. The van der Waals surface area contributed by atoms with Gasteiger partial charge in [0.1, 0.15) is 0 Å². The van der Waals surface area contributed by atoms with Crippen molar-refractivity contribution in [2.24, 2.45) is 11.3 Å². The molecule has 5 heteroatoms. The zero-order valence-corrected chi connectivity index (χ0v) is 12.9. The summed E-state index contributed by atoms with van der Waals surface area (Å²) in [6.45, 7) is 8.34. The van der Waals surface area contributed by atoms with Crippen LogP contribution in [0.15, 0.2) is 0 Å². The molecule has 0 saturated carbocycles. The number of aliphatic carboxylic acids is 1. The lowest BCUT2D eigenvalue weighted by molar-refractivity contribution is -0.139. The number of nitrogens with zero attached hydrogens (tertiary/aromatic N) is 1. The van der Waals surface area contributed by atoms with E-state index in [0.717, 1.165) is 6.42 Å². The maximum atomic E-state index is 11.9. The summed E-state index contributed by atoms with van der Waals surface area (Å²) in [5.74, 6) is -0.664. The van der Waals surface area contributed by atoms with Crippen LogP contribution >= 0.6 is 0 Å². The average Bonchev–Trinajstić information content (AvgIpc) is 2.30. The van der Waals surface area contributed by atoms with E-state index in [2.05, 4.69) is 26.1 Å². The van der Waals surface area contributed by atoms with Gasteiger partial charge in [-0.2, -0.15) is 0 Å². The highest BCUT2D eigenvalue weighted by Crippen LogP contribution is 2.23. The van der Waals surface area contributed by atoms with E-state index >= 15 is 0 Å². The summed E-state index contributed by atoms with van der Waals surface area (Å²) >= 11 is 0. The number of carbonyl (C=O) groups is 2. The van der Waals surface area contributed by atoms with Crippen LogP contribution in [0.2, 0.25) is 0 Å². The third-order valence-corrected chi connectivity index (χ3v) is 3.88. The number of amides is 2. The lowest BCUT2D eigenvalue weighted by atomic mass is 9.87. The van der Waals surface area contributed by atoms with Crippen molar-refractivity contribution in [1.82, 2.24) is 10.2 Å². The Bertz CT molecular complexity index is 336. The summed E-state index contributed by atoms with van der Waals surface area (Å²) in [5.41, 5.74) is 0.121. The predicted molar refractivity (Wildman–Crippen MR) is 78.6 cm³/mol. The van der Waals surface area contributed by atoms with Crippen molar-refractivity contribution in [1.29, 1.82) is 0 Å². The van der Waals surface area contributed by atoms with Crippen molar-refractivity contribution < 1.29 is 14.7 Å². The van der Waals surface area contributed by atoms with Gasteiger partial charge in [0.15, 0.2) is 0 Å². The second-order valence-corrected chi connectivity index (χ2v) is 6.65. The number of carboxylic acids is 1. The molecule has 0 spiro atoms. The summed E-state index contributed by atoms with van der Waals surface area (Å²) in [5, 5.41) is 11.6. The van der Waals surface area contributed by atoms with Crippen molar-refractivity contribution in [3.8, 4) is 0 Å². The van der Waals surface area contributed by atoms with Gasteiger partial charge in [-0.15, -0.1) is 0 Å². The zero-order valence-electron chi connectivity index (χ0n) is 12.9. The fourth-order valence-corrected chi connectivity index (χ4v) is 2.48. The lowest BCUT2D eigenvalue weighted by Gasteiger charge is -2.39. The molecule has 116 valence electrons. The van der Waals surface area contributed by atoms with E-state index < -0.39 is 5.97 Å². The van der Waals surface area contributed by atoms with Gasteiger partial charge < -0.3 is 15.3 Å². The first-order chi connectivity index (χ1) is 9.34. The Balaban J connectivity index is 2.19. The largest absolute Gasteiger partial charge is 0.481 e. The van der Waals surface area contributed by atoms with Crippen LogP contribution in [-0.4, -0.2) is 41.6 Å². The maximum Gasteiger partial charge on any atom is 0.317 e. The fourth-order valence-electron chi connectivity index (χ4n) is 2.48. The van der Waals surface area contributed by atoms with Gasteiger partial charge in [-0.1, -0.05) is 40.0 Å². The topological polar surface area (TPSA) is 69.6 Å². The molecule has 0 bridgehead atoms. The van der Waals surface area contributed by atoms with Crippen LogP contribution in [0.25, 0.3) is 0 Å². The molecular formula is C15H28N2O3. The summed E-state index contributed by atoms with van der Waals surface area (Å²) in [4.78, 5) is 24.1. The third kappa shape index (κ3) is 5.80. The minimum absolute atomic E-state index is 0.0600. The van der Waals surface area contributed by atoms with E-state index in [-0.39, 0.29) is 23.8 Å². The van der Waals surface area contributed by atoms with Gasteiger partial charge in [-0.05, 0) is 11.8 Å². The number of hydrogen-bond donors (Lipinski definition) is 2. The molecule has 2 amide bonds. The molecule has 0 aromatic carbocycles. The number of rotatable bonds is 8. The highest BCUT2D eigenvalue weighted by Gasteiger charge is 2.32. The molecule has 1 aliphatic heterocycles. The van der Waals surface area contributed by atoms with Crippen LogP contribution in [0, 0.1) is 11.3 Å². The Morgan fingerprint density at radius 2 is 1.95 bits per heavy atom. The summed E-state index contributed by atoms with van der Waals surface area (Å²) in [6.07, 6.45) is 4.92. The first kappa shape index (κ1) is 16.8. The molecule has 0 aromatic rings. The minimum atomic E-state index is -0.785. The number of urea groups is 1. The van der Waals surface area contributed by atoms with Crippen molar-refractivity contribution in [2.45, 2.75) is 52.9 Å². The first-order valence-corrected chi connectivity index (χ1v) is 7.58. The quantitative estimate of drug-likeness (QED) is 0.673. The number of carbonyl (C=O) groups excluding carboxylic acids is 1. The van der Waals surface area contributed by atoms with E-state index in [1.807, 2.05) is 0 Å². The molecule has 1 heterocycles. The normalized spacial score (nSPS) is 15.8. The molecule has 2 N–H and O–H groups in total. The molecule has 0 unspecified atom stereocenters. The molecule has 1 fully saturated rings. The van der Waals surface area contributed by atoms with E-state index in [9.17, 15) is 9.59 Å². The second-order valence-electron chi connectivity index (χ2n) is 6.65. The fraction of sp³-hybridized carbons (Fsp3) is 0.867. The van der Waals surface area contributed by atoms with Crippen molar-refractivity contribution >= 4 is 12.0 Å². The highest BCUT2D eigenvalue weighted by atomic mass is 16.4. The van der Waals surface area contributed by atoms with Gasteiger partial charge in [-0.3, -0.25) is 4.79 Å². The lowest BCUT2D eigenvalue weighted by Crippen LogP contribution is -2.55. The Kier molecular flexibility index (Phi) is 6.30. The average molecular weight is 284 g/mol. The molecule has 1 saturated heterocycles. The number of unbranched alkanes of at least 4 members (excludes halogenated alkanes) is 2. The van der Waals surface area contributed by atoms with Crippen LogP contribution in [0.3, 0.4) is 0 Å². The molecule has 0 aromatic heterocycles. The van der Waals surface area contributed by atoms with Crippen LogP contribution < -0.4 is 5.32 Å². The molecule has 0 aliphatic carbocycles. The van der Waals surface area contributed by atoms with E-state index in [0.29, 0.717) is 19.6 Å². The number of nitrogens with one attached hydrogen (secondary N) is 1. The van der Waals surface area contributed by atoms with Gasteiger partial charge in [0, 0.05) is 25.6 Å². The number of carboxylic acid groups (broad SMARTS) is 1. The van der Waals surface area contributed by atoms with E-state index in [1.165, 1.54) is 19.3 Å². The molecule has 5 nitrogen and oxygen atoms in total. The number of likely N-dealkylation sites (tertiary alicyclic amines) is 1. The molecule has 1 aliphatic rings. The predicted octanol–water partition coefficient (Wildman–Crippen LogP) is 2.71. The smallest absolute Gasteiger partial charge is 0.317 e. The van der Waals surface area contributed by atoms with Crippen molar-refractivity contribution in [3.63, 3.8) is 0 Å². The Morgan fingerprint density at radius 3 is 2.50 bits per heavy atom. The SMILES string of the molecule is CCCCCC(C)(C)CNC(=O)N1CC(CC(=O)O)C1. The van der Waals surface area contributed by atoms with Gasteiger partial charge >= 0.3 is 12.0 Å². The van der Waals surface area contributed by atoms with Gasteiger partial charge in [0.2, 0.25) is 0 Å². The van der Waals surface area contributed by atoms with Crippen molar-refractivity contribution in [3.05, 3.63) is 0 Å².